The van der Waals surface area contributed by atoms with E-state index in [4.69, 9.17) is 9.57 Å². The Labute approximate surface area is 203 Å². The zero-order chi connectivity index (χ0) is 23.8. The van der Waals surface area contributed by atoms with E-state index in [2.05, 4.69) is 90.6 Å². The number of rotatable bonds is 11. The van der Waals surface area contributed by atoms with Crippen molar-refractivity contribution >= 4 is 17.2 Å². The third-order valence-electron chi connectivity index (χ3n) is 6.34. The van der Waals surface area contributed by atoms with Crippen molar-refractivity contribution in [1.29, 1.82) is 0 Å². The fraction of sp³-hybridized carbons (Fsp3) is 0.393. The van der Waals surface area contributed by atoms with Gasteiger partial charge in [0.2, 0.25) is 0 Å². The van der Waals surface area contributed by atoms with Gasteiger partial charge in [-0.05, 0) is 48.8 Å². The quantitative estimate of drug-likeness (QED) is 0.361. The topological polar surface area (TPSA) is 49.9 Å². The molecule has 180 valence electrons. The van der Waals surface area contributed by atoms with E-state index >= 15 is 0 Å². The lowest BCUT2D eigenvalue weighted by Gasteiger charge is -2.26. The summed E-state index contributed by atoms with van der Waals surface area (Å²) in [5.41, 5.74) is 5.56. The lowest BCUT2D eigenvalue weighted by atomic mass is 10.0. The first kappa shape index (κ1) is 24.2. The maximum Gasteiger partial charge on any atom is 0.132 e. The number of ether oxygens (including phenoxy) is 1. The van der Waals surface area contributed by atoms with Crippen molar-refractivity contribution in [2.24, 2.45) is 0 Å². The van der Waals surface area contributed by atoms with Gasteiger partial charge in [-0.15, -0.1) is 0 Å². The summed E-state index contributed by atoms with van der Waals surface area (Å²) in [6.07, 6.45) is 2.87. The maximum atomic E-state index is 6.04. The maximum absolute atomic E-state index is 6.04. The van der Waals surface area contributed by atoms with E-state index in [0.717, 1.165) is 55.4 Å². The highest BCUT2D eigenvalue weighted by molar-refractivity contribution is 5.64. The van der Waals surface area contributed by atoms with Crippen LogP contribution in [0.5, 0.6) is 0 Å². The Morgan fingerprint density at radius 2 is 1.85 bits per heavy atom. The van der Waals surface area contributed by atoms with Gasteiger partial charge in [-0.3, -0.25) is 4.84 Å². The van der Waals surface area contributed by atoms with Crippen LogP contribution in [0, 0.1) is 6.92 Å². The van der Waals surface area contributed by atoms with E-state index in [1.54, 1.807) is 0 Å². The van der Waals surface area contributed by atoms with E-state index in [0.29, 0.717) is 13.2 Å². The summed E-state index contributed by atoms with van der Waals surface area (Å²) >= 11 is 0. The number of hydrogen-bond acceptors (Lipinski definition) is 6. The van der Waals surface area contributed by atoms with Crippen molar-refractivity contribution in [2.75, 3.05) is 43.2 Å². The number of aryl methyl sites for hydroxylation is 1. The first-order valence-corrected chi connectivity index (χ1v) is 12.3. The minimum Gasteiger partial charge on any atom is -0.375 e. The normalized spacial score (nSPS) is 15.8. The van der Waals surface area contributed by atoms with Crippen molar-refractivity contribution in [3.05, 3.63) is 83.6 Å². The van der Waals surface area contributed by atoms with Gasteiger partial charge in [-0.2, -0.15) is 0 Å². The zero-order valence-corrected chi connectivity index (χ0v) is 20.5. The van der Waals surface area contributed by atoms with Crippen molar-refractivity contribution in [1.82, 2.24) is 9.88 Å². The predicted octanol–water partition coefficient (Wildman–Crippen LogP) is 5.88. The fourth-order valence-corrected chi connectivity index (χ4v) is 4.26. The summed E-state index contributed by atoms with van der Waals surface area (Å²) < 4.78 is 5.85. The predicted molar refractivity (Wildman–Crippen MR) is 138 cm³/mol. The molecule has 6 heteroatoms. The number of nitrogens with zero attached hydrogens (tertiary/aromatic N) is 3. The van der Waals surface area contributed by atoms with E-state index in [-0.39, 0.29) is 6.04 Å². The molecule has 2 heterocycles. The summed E-state index contributed by atoms with van der Waals surface area (Å²) in [4.78, 5) is 13.0. The van der Waals surface area contributed by atoms with Crippen LogP contribution in [0.1, 0.15) is 43.0 Å². The molecule has 1 fully saturated rings. The Kier molecular flexibility index (Phi) is 8.52. The average Bonchev–Trinajstić information content (AvgIpc) is 3.37. The molecule has 1 N–H and O–H groups in total. The van der Waals surface area contributed by atoms with Gasteiger partial charge in [0.05, 0.1) is 31.5 Å². The molecule has 2 aromatic carbocycles. The molecule has 34 heavy (non-hydrogen) atoms. The minimum atomic E-state index is 0.205. The van der Waals surface area contributed by atoms with Gasteiger partial charge in [0.15, 0.2) is 0 Å². The van der Waals surface area contributed by atoms with Crippen LogP contribution in [0.15, 0.2) is 66.9 Å². The van der Waals surface area contributed by atoms with Gasteiger partial charge in [-0.25, -0.2) is 10.0 Å². The van der Waals surface area contributed by atoms with Crippen LogP contribution in [-0.2, 0) is 16.2 Å². The van der Waals surface area contributed by atoms with E-state index in [1.807, 2.05) is 17.3 Å². The van der Waals surface area contributed by atoms with Crippen LogP contribution >= 0.6 is 0 Å². The van der Waals surface area contributed by atoms with Crippen LogP contribution in [-0.4, -0.2) is 42.7 Å². The summed E-state index contributed by atoms with van der Waals surface area (Å²) in [5.74, 6) is 0.797. The van der Waals surface area contributed by atoms with Gasteiger partial charge >= 0.3 is 0 Å². The van der Waals surface area contributed by atoms with Gasteiger partial charge in [-0.1, -0.05) is 56.3 Å². The molecule has 1 aliphatic heterocycles. The summed E-state index contributed by atoms with van der Waals surface area (Å²) in [7, 11) is 0. The Bertz CT molecular complexity index is 1020. The number of hydroxylamine groups is 1. The number of hydrogen-bond donors (Lipinski definition) is 1. The molecule has 1 saturated heterocycles. The SMILES string of the molecule is CCN(CC)CCOCc1ccc(Nc2cc(N3OCC[C@H]3c3ccccc3)c(C)cn2)cc1. The Morgan fingerprint density at radius 3 is 2.59 bits per heavy atom. The Balaban J connectivity index is 1.38. The monoisotopic (exact) mass is 460 g/mol. The van der Waals surface area contributed by atoms with Gasteiger partial charge in [0.1, 0.15) is 5.82 Å². The highest BCUT2D eigenvalue weighted by Crippen LogP contribution is 2.37. The van der Waals surface area contributed by atoms with Crippen LogP contribution in [0.2, 0.25) is 0 Å². The number of benzene rings is 2. The van der Waals surface area contributed by atoms with E-state index in [9.17, 15) is 0 Å². The molecule has 0 unspecified atom stereocenters. The van der Waals surface area contributed by atoms with E-state index in [1.165, 1.54) is 11.1 Å². The van der Waals surface area contributed by atoms with Crippen LogP contribution in [0.3, 0.4) is 0 Å². The minimum absolute atomic E-state index is 0.205. The summed E-state index contributed by atoms with van der Waals surface area (Å²) in [6.45, 7) is 11.6. The third kappa shape index (κ3) is 6.14. The van der Waals surface area contributed by atoms with Gasteiger partial charge in [0.25, 0.3) is 0 Å². The smallest absolute Gasteiger partial charge is 0.132 e. The van der Waals surface area contributed by atoms with Crippen LogP contribution in [0.4, 0.5) is 17.2 Å². The largest absolute Gasteiger partial charge is 0.375 e. The second-order valence-corrected chi connectivity index (χ2v) is 8.63. The molecule has 0 radical (unpaired) electrons. The van der Waals surface area contributed by atoms with Gasteiger partial charge < -0.3 is 15.0 Å². The molecule has 6 nitrogen and oxygen atoms in total. The first-order chi connectivity index (χ1) is 16.7. The molecule has 1 aromatic heterocycles. The summed E-state index contributed by atoms with van der Waals surface area (Å²) in [5, 5.41) is 5.47. The molecule has 3 aromatic rings. The second kappa shape index (κ2) is 12.0. The lowest BCUT2D eigenvalue weighted by molar-refractivity contribution is 0.0956. The molecular formula is C28H36N4O2. The van der Waals surface area contributed by atoms with E-state index < -0.39 is 0 Å². The van der Waals surface area contributed by atoms with Crippen LogP contribution in [0.25, 0.3) is 0 Å². The second-order valence-electron chi connectivity index (χ2n) is 8.63. The zero-order valence-electron chi connectivity index (χ0n) is 20.5. The molecule has 0 amide bonds. The molecule has 0 bridgehead atoms. The van der Waals surface area contributed by atoms with Crippen molar-refractivity contribution in [3.63, 3.8) is 0 Å². The number of aromatic nitrogens is 1. The summed E-state index contributed by atoms with van der Waals surface area (Å²) in [6, 6.07) is 21.2. The average molecular weight is 461 g/mol. The van der Waals surface area contributed by atoms with Crippen LogP contribution < -0.4 is 10.4 Å². The van der Waals surface area contributed by atoms with Crippen molar-refractivity contribution in [3.8, 4) is 0 Å². The highest BCUT2D eigenvalue weighted by atomic mass is 16.7. The Hall–Kier alpha value is -2.93. The van der Waals surface area contributed by atoms with Crippen molar-refractivity contribution < 1.29 is 9.57 Å². The molecule has 1 aliphatic rings. The van der Waals surface area contributed by atoms with Crippen molar-refractivity contribution in [2.45, 2.75) is 39.8 Å². The number of pyridine rings is 1. The molecule has 4 rings (SSSR count). The molecule has 0 saturated carbocycles. The molecule has 0 spiro atoms. The molecule has 0 aliphatic carbocycles. The number of anilines is 3. The molecular weight excluding hydrogens is 424 g/mol. The number of likely N-dealkylation sites (N-methyl/N-ethyl adjacent to an activating group) is 1. The third-order valence-corrected chi connectivity index (χ3v) is 6.34. The molecule has 1 atom stereocenters. The highest BCUT2D eigenvalue weighted by Gasteiger charge is 2.29. The number of nitrogens with one attached hydrogen (secondary N) is 1. The first-order valence-electron chi connectivity index (χ1n) is 12.3. The standard InChI is InChI=1S/C28H36N4O2/c1-4-31(5-2)16-18-33-21-23-11-13-25(14-12-23)30-28-19-27(22(3)20-29-28)32-26(15-17-34-32)24-9-7-6-8-10-24/h6-14,19-20,26H,4-5,15-18,21H2,1-3H3,(H,29,30)/t26-/m0/s1. The Morgan fingerprint density at radius 1 is 1.09 bits per heavy atom. The van der Waals surface area contributed by atoms with Gasteiger partial charge in [0, 0.05) is 30.9 Å². The fourth-order valence-electron chi connectivity index (χ4n) is 4.26. The lowest BCUT2D eigenvalue weighted by Crippen LogP contribution is -2.26.